The van der Waals surface area contributed by atoms with Crippen LogP contribution in [0.5, 0.6) is 0 Å². The summed E-state index contributed by atoms with van der Waals surface area (Å²) in [5.41, 5.74) is 1.60. The molecule has 1 aliphatic carbocycles. The van der Waals surface area contributed by atoms with E-state index in [1.807, 2.05) is 0 Å². The first-order chi connectivity index (χ1) is 8.97. The third kappa shape index (κ3) is 3.05. The third-order valence-corrected chi connectivity index (χ3v) is 3.14. The lowest BCUT2D eigenvalue weighted by atomic mass is 9.94. The van der Waals surface area contributed by atoms with Crippen LogP contribution in [0.3, 0.4) is 0 Å². The minimum atomic E-state index is -0.444. The molecule has 0 unspecified atom stereocenters. The molecule has 0 fully saturated rings. The van der Waals surface area contributed by atoms with E-state index < -0.39 is 5.95 Å². The Hall–Kier alpha value is -2.04. The van der Waals surface area contributed by atoms with Gasteiger partial charge in [0.2, 0.25) is 5.95 Å². The minimum Gasteiger partial charge on any atom is -0.295 e. The van der Waals surface area contributed by atoms with Gasteiger partial charge >= 0.3 is 0 Å². The second kappa shape index (κ2) is 5.30. The SMILES string of the molecule is C/C1=C/C(=O)C/C(=C/c2cnn(C)c2F)CCC1=O. The smallest absolute Gasteiger partial charge is 0.218 e. The second-order valence-electron chi connectivity index (χ2n) is 4.71. The number of hydrogen-bond donors (Lipinski definition) is 0. The average Bonchev–Trinajstić information content (AvgIpc) is 2.66. The number of carbonyl (C=O) groups excluding carboxylic acids is 2. The molecule has 2 rings (SSSR count). The van der Waals surface area contributed by atoms with Crippen molar-refractivity contribution in [3.8, 4) is 0 Å². The van der Waals surface area contributed by atoms with E-state index >= 15 is 0 Å². The molecule has 0 bridgehead atoms. The molecule has 0 aromatic carbocycles. The Bertz CT molecular complexity index is 597. The lowest BCUT2D eigenvalue weighted by Gasteiger charge is -2.09. The highest BCUT2D eigenvalue weighted by Crippen LogP contribution is 2.21. The topological polar surface area (TPSA) is 52.0 Å². The number of halogens is 1. The molecular weight excluding hydrogens is 247 g/mol. The first kappa shape index (κ1) is 13.4. The quantitative estimate of drug-likeness (QED) is 0.779. The summed E-state index contributed by atoms with van der Waals surface area (Å²) in [4.78, 5) is 23.3. The van der Waals surface area contributed by atoms with Crippen LogP contribution in [0.2, 0.25) is 0 Å². The van der Waals surface area contributed by atoms with Gasteiger partial charge in [-0.15, -0.1) is 0 Å². The molecule has 1 aromatic rings. The molecule has 1 aliphatic rings. The molecule has 0 atom stereocenters. The maximum Gasteiger partial charge on any atom is 0.218 e. The van der Waals surface area contributed by atoms with Gasteiger partial charge in [-0.1, -0.05) is 5.57 Å². The number of ketones is 2. The van der Waals surface area contributed by atoms with E-state index in [2.05, 4.69) is 5.10 Å². The lowest BCUT2D eigenvalue weighted by Crippen LogP contribution is -2.08. The van der Waals surface area contributed by atoms with E-state index in [1.165, 1.54) is 19.3 Å². The van der Waals surface area contributed by atoms with Crippen LogP contribution >= 0.6 is 0 Å². The van der Waals surface area contributed by atoms with Gasteiger partial charge in [-0.2, -0.15) is 9.49 Å². The first-order valence-corrected chi connectivity index (χ1v) is 6.08. The van der Waals surface area contributed by atoms with E-state index in [1.54, 1.807) is 13.0 Å². The van der Waals surface area contributed by atoms with Crippen LogP contribution in [-0.2, 0) is 16.6 Å². The van der Waals surface area contributed by atoms with Crippen LogP contribution in [0.1, 0.15) is 31.7 Å². The first-order valence-electron chi connectivity index (χ1n) is 6.08. The van der Waals surface area contributed by atoms with Crippen molar-refractivity contribution in [3.63, 3.8) is 0 Å². The molecule has 0 spiro atoms. The predicted octanol–water partition coefficient (Wildman–Crippen LogP) is 2.21. The van der Waals surface area contributed by atoms with Crippen molar-refractivity contribution >= 4 is 17.6 Å². The Morgan fingerprint density at radius 1 is 1.37 bits per heavy atom. The second-order valence-corrected chi connectivity index (χ2v) is 4.71. The van der Waals surface area contributed by atoms with Gasteiger partial charge in [-0.25, -0.2) is 4.68 Å². The van der Waals surface area contributed by atoms with Crippen molar-refractivity contribution in [2.75, 3.05) is 0 Å². The predicted molar refractivity (Wildman–Crippen MR) is 68.8 cm³/mol. The Morgan fingerprint density at radius 2 is 2.11 bits per heavy atom. The summed E-state index contributed by atoms with van der Waals surface area (Å²) in [7, 11) is 1.51. The van der Waals surface area contributed by atoms with Crippen molar-refractivity contribution in [2.45, 2.75) is 26.2 Å². The van der Waals surface area contributed by atoms with Crippen molar-refractivity contribution < 1.29 is 14.0 Å². The summed E-state index contributed by atoms with van der Waals surface area (Å²) in [5, 5.41) is 3.80. The van der Waals surface area contributed by atoms with Gasteiger partial charge in [0.15, 0.2) is 11.6 Å². The van der Waals surface area contributed by atoms with Gasteiger partial charge in [-0.3, -0.25) is 9.59 Å². The normalized spacial score (nSPS) is 22.1. The molecule has 19 heavy (non-hydrogen) atoms. The Kier molecular flexibility index (Phi) is 3.74. The molecule has 100 valence electrons. The summed E-state index contributed by atoms with van der Waals surface area (Å²) in [6, 6.07) is 0. The summed E-state index contributed by atoms with van der Waals surface area (Å²) in [6.45, 7) is 1.65. The molecule has 1 aromatic heterocycles. The van der Waals surface area contributed by atoms with Crippen molar-refractivity contribution in [1.82, 2.24) is 9.78 Å². The molecule has 1 heterocycles. The Morgan fingerprint density at radius 3 is 2.74 bits per heavy atom. The average molecular weight is 262 g/mol. The highest BCUT2D eigenvalue weighted by Gasteiger charge is 2.15. The zero-order valence-electron chi connectivity index (χ0n) is 10.9. The standard InChI is InChI=1S/C14H15FN2O2/c1-9-5-12(18)7-10(3-4-13(9)19)6-11-8-16-17(2)14(11)15/h5-6,8H,3-4,7H2,1-2H3/b9-5-,10-6+. The van der Waals surface area contributed by atoms with Crippen LogP contribution in [0.25, 0.3) is 6.08 Å². The number of Topliss-reactive ketones (excluding diaryl/α,β-unsaturated/α-hetero) is 1. The largest absolute Gasteiger partial charge is 0.295 e. The molecule has 0 aliphatic heterocycles. The zero-order valence-corrected chi connectivity index (χ0v) is 10.9. The Labute approximate surface area is 110 Å². The summed E-state index contributed by atoms with van der Waals surface area (Å²) in [5.74, 6) is -0.605. The number of aromatic nitrogens is 2. The van der Waals surface area contributed by atoms with Crippen molar-refractivity contribution in [3.05, 3.63) is 34.9 Å². The van der Waals surface area contributed by atoms with Crippen molar-refractivity contribution in [2.24, 2.45) is 7.05 Å². The lowest BCUT2D eigenvalue weighted by molar-refractivity contribution is -0.117. The van der Waals surface area contributed by atoms with Gasteiger partial charge in [0, 0.05) is 25.5 Å². The minimum absolute atomic E-state index is 0.0365. The van der Waals surface area contributed by atoms with Gasteiger partial charge < -0.3 is 0 Å². The van der Waals surface area contributed by atoms with E-state index in [9.17, 15) is 14.0 Å². The highest BCUT2D eigenvalue weighted by molar-refractivity contribution is 6.04. The summed E-state index contributed by atoms with van der Waals surface area (Å²) >= 11 is 0. The zero-order chi connectivity index (χ0) is 14.0. The van der Waals surface area contributed by atoms with Crippen LogP contribution in [-0.4, -0.2) is 21.3 Å². The van der Waals surface area contributed by atoms with Gasteiger partial charge in [0.25, 0.3) is 0 Å². The number of allylic oxidation sites excluding steroid dienone is 3. The summed E-state index contributed by atoms with van der Waals surface area (Å²) < 4.78 is 14.8. The third-order valence-electron chi connectivity index (χ3n) is 3.14. The molecule has 0 radical (unpaired) electrons. The molecule has 0 N–H and O–H groups in total. The highest BCUT2D eigenvalue weighted by atomic mass is 19.1. The molecule has 0 saturated heterocycles. The van der Waals surface area contributed by atoms with Gasteiger partial charge in [0.1, 0.15) is 0 Å². The van der Waals surface area contributed by atoms with Crippen LogP contribution in [0.4, 0.5) is 4.39 Å². The van der Waals surface area contributed by atoms with Crippen molar-refractivity contribution in [1.29, 1.82) is 0 Å². The number of aryl methyl sites for hydroxylation is 1. The van der Waals surface area contributed by atoms with Gasteiger partial charge in [0.05, 0.1) is 6.20 Å². The fourth-order valence-electron chi connectivity index (χ4n) is 2.04. The molecule has 4 nitrogen and oxygen atoms in total. The number of nitrogens with zero attached hydrogens (tertiary/aromatic N) is 2. The van der Waals surface area contributed by atoms with E-state index in [0.717, 1.165) is 10.3 Å². The van der Waals surface area contributed by atoms with E-state index in [-0.39, 0.29) is 18.0 Å². The van der Waals surface area contributed by atoms with Crippen LogP contribution in [0, 0.1) is 5.95 Å². The molecule has 0 amide bonds. The molecule has 5 heteroatoms. The Balaban J connectivity index is 2.28. The molecular formula is C14H15FN2O2. The maximum absolute atomic E-state index is 13.6. The summed E-state index contributed by atoms with van der Waals surface area (Å²) in [6.07, 6.45) is 5.44. The monoisotopic (exact) mass is 262 g/mol. The number of carbonyl (C=O) groups is 2. The van der Waals surface area contributed by atoms with Crippen LogP contribution < -0.4 is 0 Å². The van der Waals surface area contributed by atoms with E-state index in [4.69, 9.17) is 0 Å². The fraction of sp³-hybridized carbons (Fsp3) is 0.357. The molecule has 0 saturated carbocycles. The number of rotatable bonds is 1. The fourth-order valence-corrected chi connectivity index (χ4v) is 2.04. The van der Waals surface area contributed by atoms with Gasteiger partial charge in [-0.05, 0) is 31.1 Å². The van der Waals surface area contributed by atoms with E-state index in [0.29, 0.717) is 24.0 Å². The maximum atomic E-state index is 13.6. The number of hydrogen-bond acceptors (Lipinski definition) is 3. The van der Waals surface area contributed by atoms with Crippen LogP contribution in [0.15, 0.2) is 23.4 Å².